The molecule has 1 heterocycles. The molecule has 3 rings (SSSR count). The van der Waals surface area contributed by atoms with Crippen LogP contribution in [0.5, 0.6) is 11.5 Å². The predicted molar refractivity (Wildman–Crippen MR) is 102 cm³/mol. The maximum Gasteiger partial charge on any atom is 0.336 e. The van der Waals surface area contributed by atoms with Crippen LogP contribution in [0, 0.1) is 0 Å². The number of phenols is 1. The summed E-state index contributed by atoms with van der Waals surface area (Å²) in [5.41, 5.74) is 6.63. The third-order valence-electron chi connectivity index (χ3n) is 3.99. The van der Waals surface area contributed by atoms with Crippen LogP contribution in [0.15, 0.2) is 56.1 Å². The minimum atomic E-state index is -1.05. The fraction of sp³-hybridized carbons (Fsp3) is 0.158. The number of aromatic hydroxyl groups is 1. The highest BCUT2D eigenvalue weighted by molar-refractivity contribution is 9.10. The molecule has 140 valence electrons. The standard InChI is InChI=1S/C19H16BrNO6/c20-14-7-13-11(6-18(23)27-17(13)8-16(14)22)9-26-12-3-1-10(2-4-12)5-15(21)19(24)25/h1-4,6-8,15,22H,5,9,21H2,(H,24,25)/t15-/m0/s1. The number of nitrogens with two attached hydrogens (primary N) is 1. The van der Waals surface area contributed by atoms with Crippen LogP contribution in [0.1, 0.15) is 11.1 Å². The highest BCUT2D eigenvalue weighted by Crippen LogP contribution is 2.30. The highest BCUT2D eigenvalue weighted by Gasteiger charge is 2.13. The molecule has 0 aliphatic heterocycles. The van der Waals surface area contributed by atoms with Crippen molar-refractivity contribution in [3.63, 3.8) is 0 Å². The van der Waals surface area contributed by atoms with E-state index in [0.717, 1.165) is 5.56 Å². The SMILES string of the molecule is N[C@@H](Cc1ccc(OCc2cc(=O)oc3cc(O)c(Br)cc23)cc1)C(=O)O. The van der Waals surface area contributed by atoms with Gasteiger partial charge in [0.2, 0.25) is 0 Å². The Kier molecular flexibility index (Phi) is 5.48. The van der Waals surface area contributed by atoms with Gasteiger partial charge in [0.15, 0.2) is 0 Å². The van der Waals surface area contributed by atoms with Gasteiger partial charge in [-0.15, -0.1) is 0 Å². The number of hydrogen-bond donors (Lipinski definition) is 3. The number of hydrogen-bond acceptors (Lipinski definition) is 6. The lowest BCUT2D eigenvalue weighted by Crippen LogP contribution is -2.32. The van der Waals surface area contributed by atoms with Crippen LogP contribution in [0.3, 0.4) is 0 Å². The van der Waals surface area contributed by atoms with Crippen molar-refractivity contribution in [2.45, 2.75) is 19.1 Å². The first kappa shape index (κ1) is 18.9. The topological polar surface area (TPSA) is 123 Å². The Hall–Kier alpha value is -2.84. The molecule has 0 amide bonds. The van der Waals surface area contributed by atoms with E-state index in [2.05, 4.69) is 15.9 Å². The molecule has 4 N–H and O–H groups in total. The molecule has 8 heteroatoms. The summed E-state index contributed by atoms with van der Waals surface area (Å²) >= 11 is 3.24. The molecule has 0 bridgehead atoms. The molecule has 0 aliphatic rings. The summed E-state index contributed by atoms with van der Waals surface area (Å²) in [4.78, 5) is 22.5. The molecule has 0 unspecified atom stereocenters. The Morgan fingerprint density at radius 1 is 1.22 bits per heavy atom. The Morgan fingerprint density at radius 2 is 1.93 bits per heavy atom. The first-order valence-corrected chi connectivity index (χ1v) is 8.78. The molecule has 0 saturated carbocycles. The van der Waals surface area contributed by atoms with Crippen molar-refractivity contribution >= 4 is 32.9 Å². The lowest BCUT2D eigenvalue weighted by molar-refractivity contribution is -0.138. The van der Waals surface area contributed by atoms with E-state index < -0.39 is 17.6 Å². The van der Waals surface area contributed by atoms with Crippen molar-refractivity contribution in [1.82, 2.24) is 0 Å². The largest absolute Gasteiger partial charge is 0.507 e. The Morgan fingerprint density at radius 3 is 2.59 bits per heavy atom. The number of phenolic OH excluding ortho intramolecular Hbond substituents is 1. The maximum atomic E-state index is 11.7. The van der Waals surface area contributed by atoms with Gasteiger partial charge in [-0.05, 0) is 46.1 Å². The van der Waals surface area contributed by atoms with E-state index in [4.69, 9.17) is 20.0 Å². The zero-order valence-corrected chi connectivity index (χ0v) is 15.6. The van der Waals surface area contributed by atoms with E-state index >= 15 is 0 Å². The van der Waals surface area contributed by atoms with Gasteiger partial charge in [-0.3, -0.25) is 4.79 Å². The number of benzene rings is 2. The average molecular weight is 434 g/mol. The van der Waals surface area contributed by atoms with Crippen LogP contribution in [-0.2, 0) is 17.8 Å². The number of ether oxygens (including phenoxy) is 1. The molecule has 1 aromatic heterocycles. The highest BCUT2D eigenvalue weighted by atomic mass is 79.9. The Balaban J connectivity index is 1.78. The molecule has 0 radical (unpaired) electrons. The monoisotopic (exact) mass is 433 g/mol. The normalized spacial score (nSPS) is 12.1. The summed E-state index contributed by atoms with van der Waals surface area (Å²) in [5.74, 6) is -0.525. The summed E-state index contributed by atoms with van der Waals surface area (Å²) in [6.45, 7) is 0.118. The van der Waals surface area contributed by atoms with Crippen molar-refractivity contribution in [3.05, 3.63) is 68.5 Å². The number of fused-ring (bicyclic) bond motifs is 1. The number of aliphatic carboxylic acids is 1. The predicted octanol–water partition coefficient (Wildman–Crippen LogP) is 2.79. The third-order valence-corrected chi connectivity index (χ3v) is 4.62. The van der Waals surface area contributed by atoms with Crippen LogP contribution in [0.4, 0.5) is 0 Å². The average Bonchev–Trinajstić information content (AvgIpc) is 2.62. The molecular weight excluding hydrogens is 418 g/mol. The third kappa shape index (κ3) is 4.47. The van der Waals surface area contributed by atoms with Gasteiger partial charge in [-0.1, -0.05) is 12.1 Å². The summed E-state index contributed by atoms with van der Waals surface area (Å²) in [6, 6.07) is 10.3. The first-order chi connectivity index (χ1) is 12.8. The van der Waals surface area contributed by atoms with Gasteiger partial charge >= 0.3 is 11.6 Å². The molecule has 0 aliphatic carbocycles. The Bertz CT molecular complexity index is 1040. The van der Waals surface area contributed by atoms with Gasteiger partial charge in [-0.2, -0.15) is 0 Å². The summed E-state index contributed by atoms with van der Waals surface area (Å²) in [7, 11) is 0. The second kappa shape index (κ2) is 7.81. The van der Waals surface area contributed by atoms with Crippen LogP contribution in [0.25, 0.3) is 11.0 Å². The van der Waals surface area contributed by atoms with E-state index in [1.54, 1.807) is 30.3 Å². The van der Waals surface area contributed by atoms with Gasteiger partial charge in [0, 0.05) is 23.1 Å². The maximum absolute atomic E-state index is 11.7. The van der Waals surface area contributed by atoms with Crippen LogP contribution in [-0.4, -0.2) is 22.2 Å². The molecule has 27 heavy (non-hydrogen) atoms. The van der Waals surface area contributed by atoms with Crippen LogP contribution >= 0.6 is 15.9 Å². The second-order valence-corrected chi connectivity index (χ2v) is 6.83. The molecular formula is C19H16BrNO6. The van der Waals surface area contributed by atoms with Gasteiger partial charge in [0.25, 0.3) is 0 Å². The van der Waals surface area contributed by atoms with Gasteiger partial charge in [-0.25, -0.2) is 4.79 Å². The first-order valence-electron chi connectivity index (χ1n) is 7.99. The van der Waals surface area contributed by atoms with Gasteiger partial charge < -0.3 is 25.1 Å². The molecule has 1 atom stereocenters. The van der Waals surface area contributed by atoms with Gasteiger partial charge in [0.05, 0.1) is 4.47 Å². The van der Waals surface area contributed by atoms with E-state index in [0.29, 0.717) is 21.2 Å². The van der Waals surface area contributed by atoms with Crippen molar-refractivity contribution in [1.29, 1.82) is 0 Å². The van der Waals surface area contributed by atoms with Crippen molar-refractivity contribution in [2.75, 3.05) is 0 Å². The quantitative estimate of drug-likeness (QED) is 0.510. The van der Waals surface area contributed by atoms with Crippen molar-refractivity contribution < 1.29 is 24.2 Å². The number of carboxylic acids is 1. The van der Waals surface area contributed by atoms with E-state index in [1.165, 1.54) is 12.1 Å². The van der Waals surface area contributed by atoms with Crippen molar-refractivity contribution in [2.24, 2.45) is 5.73 Å². The minimum Gasteiger partial charge on any atom is -0.507 e. The lowest BCUT2D eigenvalue weighted by atomic mass is 10.1. The number of carboxylic acid groups (broad SMARTS) is 1. The van der Waals surface area contributed by atoms with Gasteiger partial charge in [0.1, 0.15) is 29.7 Å². The zero-order chi connectivity index (χ0) is 19.6. The molecule has 0 fully saturated rings. The lowest BCUT2D eigenvalue weighted by Gasteiger charge is -2.10. The fourth-order valence-electron chi connectivity index (χ4n) is 2.58. The number of rotatable bonds is 6. The summed E-state index contributed by atoms with van der Waals surface area (Å²) in [6.07, 6.45) is 0.220. The van der Waals surface area contributed by atoms with Crippen LogP contribution in [0.2, 0.25) is 0 Å². The smallest absolute Gasteiger partial charge is 0.336 e. The summed E-state index contributed by atoms with van der Waals surface area (Å²) < 4.78 is 11.3. The molecule has 7 nitrogen and oxygen atoms in total. The number of halogens is 1. The summed E-state index contributed by atoms with van der Waals surface area (Å²) in [5, 5.41) is 19.2. The van der Waals surface area contributed by atoms with E-state index in [1.807, 2.05) is 0 Å². The number of carbonyl (C=O) groups is 1. The molecule has 3 aromatic rings. The van der Waals surface area contributed by atoms with E-state index in [-0.39, 0.29) is 24.4 Å². The zero-order valence-electron chi connectivity index (χ0n) is 14.0. The van der Waals surface area contributed by atoms with E-state index in [9.17, 15) is 14.7 Å². The van der Waals surface area contributed by atoms with Crippen molar-refractivity contribution in [3.8, 4) is 11.5 Å². The fourth-order valence-corrected chi connectivity index (χ4v) is 2.92. The second-order valence-electron chi connectivity index (χ2n) is 5.97. The van der Waals surface area contributed by atoms with Crippen LogP contribution < -0.4 is 16.1 Å². The Labute approximate surface area is 162 Å². The minimum absolute atomic E-state index is 0.0288. The molecule has 0 spiro atoms. The molecule has 0 saturated heterocycles. The molecule has 2 aromatic carbocycles.